The normalized spacial score (nSPS) is 11.5. The van der Waals surface area contributed by atoms with Crippen LogP contribution in [0.15, 0.2) is 41.3 Å². The maximum Gasteiger partial charge on any atom is 0.238 e. The summed E-state index contributed by atoms with van der Waals surface area (Å²) in [5, 5.41) is 5.22. The molecule has 1 heterocycles. The van der Waals surface area contributed by atoms with E-state index in [0.29, 0.717) is 11.3 Å². The van der Waals surface area contributed by atoms with Crippen molar-refractivity contribution in [3.8, 4) is 11.3 Å². The molecule has 0 aliphatic carbocycles. The summed E-state index contributed by atoms with van der Waals surface area (Å²) >= 11 is 0. The van der Waals surface area contributed by atoms with Crippen LogP contribution in [-0.4, -0.2) is 13.4 Å². The molecule has 1 aromatic heterocycles. The van der Waals surface area contributed by atoms with Gasteiger partial charge in [0, 0.05) is 11.3 Å². The molecule has 0 saturated heterocycles. The Balaban J connectivity index is 2.72. The van der Waals surface area contributed by atoms with E-state index in [1.165, 1.54) is 6.07 Å². The van der Waals surface area contributed by atoms with Crippen LogP contribution in [0.25, 0.3) is 11.3 Å². The Hall–Kier alpha value is -1.72. The van der Waals surface area contributed by atoms with Crippen LogP contribution in [0.4, 0.5) is 0 Å². The van der Waals surface area contributed by atoms with Gasteiger partial charge in [-0.2, -0.15) is 0 Å². The molecule has 2 rings (SSSR count). The molecule has 0 saturated carbocycles. The van der Waals surface area contributed by atoms with Crippen molar-refractivity contribution in [1.82, 2.24) is 4.98 Å². The molecular formula is C13H14N2O2S. The first-order valence-corrected chi connectivity index (χ1v) is 7.00. The van der Waals surface area contributed by atoms with Gasteiger partial charge in [0.15, 0.2) is 0 Å². The monoisotopic (exact) mass is 262 g/mol. The average molecular weight is 262 g/mol. The van der Waals surface area contributed by atoms with Gasteiger partial charge in [0.25, 0.3) is 0 Å². The van der Waals surface area contributed by atoms with Crippen LogP contribution < -0.4 is 5.14 Å². The fraction of sp³-hybridized carbons (Fsp3) is 0.154. The van der Waals surface area contributed by atoms with Crippen LogP contribution in [0, 0.1) is 13.8 Å². The molecule has 0 spiro atoms. The third kappa shape index (κ3) is 2.57. The largest absolute Gasteiger partial charge is 0.253 e. The molecule has 0 aliphatic heterocycles. The molecule has 94 valence electrons. The van der Waals surface area contributed by atoms with Gasteiger partial charge < -0.3 is 0 Å². The molecule has 1 aromatic carbocycles. The summed E-state index contributed by atoms with van der Waals surface area (Å²) in [4.78, 5) is 4.46. The minimum atomic E-state index is -3.75. The molecule has 2 aromatic rings. The highest BCUT2D eigenvalue weighted by Gasteiger charge is 2.15. The van der Waals surface area contributed by atoms with Gasteiger partial charge in [0.1, 0.15) is 0 Å². The Labute approximate surface area is 107 Å². The van der Waals surface area contributed by atoms with E-state index in [4.69, 9.17) is 5.14 Å². The summed E-state index contributed by atoms with van der Waals surface area (Å²) in [6, 6.07) is 10.4. The standard InChI is InChI=1S/C13H14N2O2S/c1-9-7-10(2)15-12(8-9)11-5-3-4-6-13(11)18(14,16)17/h3-8H,1-2H3,(H2,14,16,17). The summed E-state index contributed by atoms with van der Waals surface area (Å²) in [6.45, 7) is 3.81. The average Bonchev–Trinajstić information content (AvgIpc) is 2.26. The number of aryl methyl sites for hydroxylation is 2. The second-order valence-corrected chi connectivity index (χ2v) is 5.74. The summed E-state index contributed by atoms with van der Waals surface area (Å²) in [5.74, 6) is 0. The molecule has 4 nitrogen and oxygen atoms in total. The highest BCUT2D eigenvalue weighted by atomic mass is 32.2. The van der Waals surface area contributed by atoms with E-state index in [-0.39, 0.29) is 4.90 Å². The Morgan fingerprint density at radius 3 is 2.39 bits per heavy atom. The molecule has 0 amide bonds. The Bertz CT molecular complexity index is 674. The van der Waals surface area contributed by atoms with Gasteiger partial charge in [-0.25, -0.2) is 13.6 Å². The molecule has 5 heteroatoms. The van der Waals surface area contributed by atoms with Crippen LogP contribution in [0.1, 0.15) is 11.3 Å². The van der Waals surface area contributed by atoms with Gasteiger partial charge in [-0.3, -0.25) is 4.98 Å². The topological polar surface area (TPSA) is 73.0 Å². The SMILES string of the molecule is Cc1cc(C)nc(-c2ccccc2S(N)(=O)=O)c1. The van der Waals surface area contributed by atoms with Crippen molar-refractivity contribution in [2.24, 2.45) is 5.14 Å². The first-order chi connectivity index (χ1) is 8.38. The zero-order valence-electron chi connectivity index (χ0n) is 10.2. The molecule has 0 atom stereocenters. The first kappa shape index (κ1) is 12.7. The fourth-order valence-corrected chi connectivity index (χ4v) is 2.65. The number of aromatic nitrogens is 1. The first-order valence-electron chi connectivity index (χ1n) is 5.45. The van der Waals surface area contributed by atoms with Crippen molar-refractivity contribution in [2.45, 2.75) is 18.7 Å². The number of hydrogen-bond acceptors (Lipinski definition) is 3. The maximum absolute atomic E-state index is 11.5. The summed E-state index contributed by atoms with van der Waals surface area (Å²) in [7, 11) is -3.75. The highest BCUT2D eigenvalue weighted by Crippen LogP contribution is 2.25. The third-order valence-corrected chi connectivity index (χ3v) is 3.54. The van der Waals surface area contributed by atoms with Crippen LogP contribution >= 0.6 is 0 Å². The van der Waals surface area contributed by atoms with Gasteiger partial charge in [-0.15, -0.1) is 0 Å². The highest BCUT2D eigenvalue weighted by molar-refractivity contribution is 7.89. The van der Waals surface area contributed by atoms with Crippen molar-refractivity contribution in [2.75, 3.05) is 0 Å². The number of sulfonamides is 1. The van der Waals surface area contributed by atoms with Gasteiger partial charge in [-0.05, 0) is 37.6 Å². The van der Waals surface area contributed by atoms with Crippen molar-refractivity contribution >= 4 is 10.0 Å². The van der Waals surface area contributed by atoms with Gasteiger partial charge in [0.2, 0.25) is 10.0 Å². The van der Waals surface area contributed by atoms with Crippen LogP contribution in [0.5, 0.6) is 0 Å². The number of primary sulfonamides is 1. The Morgan fingerprint density at radius 1 is 1.11 bits per heavy atom. The summed E-state index contributed by atoms with van der Waals surface area (Å²) in [6.07, 6.45) is 0. The van der Waals surface area contributed by atoms with Crippen LogP contribution in [0.3, 0.4) is 0 Å². The number of pyridine rings is 1. The molecule has 0 fully saturated rings. The van der Waals surface area contributed by atoms with E-state index >= 15 is 0 Å². The zero-order chi connectivity index (χ0) is 13.3. The molecule has 0 aliphatic rings. The maximum atomic E-state index is 11.5. The lowest BCUT2D eigenvalue weighted by Gasteiger charge is -2.08. The Kier molecular flexibility index (Phi) is 3.19. The van der Waals surface area contributed by atoms with Crippen LogP contribution in [0.2, 0.25) is 0 Å². The van der Waals surface area contributed by atoms with Gasteiger partial charge in [-0.1, -0.05) is 18.2 Å². The van der Waals surface area contributed by atoms with E-state index in [9.17, 15) is 8.42 Å². The van der Waals surface area contributed by atoms with Crippen molar-refractivity contribution < 1.29 is 8.42 Å². The zero-order valence-corrected chi connectivity index (χ0v) is 11.0. The van der Waals surface area contributed by atoms with E-state index in [1.807, 2.05) is 26.0 Å². The molecule has 2 N–H and O–H groups in total. The molecular weight excluding hydrogens is 248 g/mol. The van der Waals surface area contributed by atoms with Gasteiger partial charge >= 0.3 is 0 Å². The number of benzene rings is 1. The van der Waals surface area contributed by atoms with Crippen LogP contribution in [-0.2, 0) is 10.0 Å². The summed E-state index contributed by atoms with van der Waals surface area (Å²) in [5.41, 5.74) is 3.03. The second-order valence-electron chi connectivity index (χ2n) is 4.21. The number of nitrogens with zero attached hydrogens (tertiary/aromatic N) is 1. The molecule has 0 radical (unpaired) electrons. The molecule has 0 bridgehead atoms. The van der Waals surface area contributed by atoms with Crippen molar-refractivity contribution in [3.63, 3.8) is 0 Å². The van der Waals surface area contributed by atoms with E-state index in [0.717, 1.165) is 11.3 Å². The minimum absolute atomic E-state index is 0.0995. The van der Waals surface area contributed by atoms with E-state index in [2.05, 4.69) is 4.98 Å². The predicted octanol–water partition coefficient (Wildman–Crippen LogP) is 2.01. The third-order valence-electron chi connectivity index (χ3n) is 2.57. The minimum Gasteiger partial charge on any atom is -0.253 e. The van der Waals surface area contributed by atoms with Crippen molar-refractivity contribution in [1.29, 1.82) is 0 Å². The lowest BCUT2D eigenvalue weighted by molar-refractivity contribution is 0.598. The smallest absolute Gasteiger partial charge is 0.238 e. The van der Waals surface area contributed by atoms with E-state index < -0.39 is 10.0 Å². The fourth-order valence-electron chi connectivity index (χ4n) is 1.91. The Morgan fingerprint density at radius 2 is 1.78 bits per heavy atom. The lowest BCUT2D eigenvalue weighted by Crippen LogP contribution is -2.13. The summed E-state index contributed by atoms with van der Waals surface area (Å²) < 4.78 is 23.1. The molecule has 0 unspecified atom stereocenters. The number of nitrogens with two attached hydrogens (primary N) is 1. The quantitative estimate of drug-likeness (QED) is 0.899. The van der Waals surface area contributed by atoms with Gasteiger partial charge in [0.05, 0.1) is 10.6 Å². The lowest BCUT2D eigenvalue weighted by atomic mass is 10.1. The van der Waals surface area contributed by atoms with Crippen molar-refractivity contribution in [3.05, 3.63) is 47.7 Å². The predicted molar refractivity (Wildman–Crippen MR) is 70.5 cm³/mol. The molecule has 18 heavy (non-hydrogen) atoms. The number of rotatable bonds is 2. The number of hydrogen-bond donors (Lipinski definition) is 1. The van der Waals surface area contributed by atoms with E-state index in [1.54, 1.807) is 18.2 Å². The second kappa shape index (κ2) is 4.51.